The Balaban J connectivity index is 1.80. The number of benzene rings is 2. The zero-order valence-corrected chi connectivity index (χ0v) is 16.5. The molecule has 0 radical (unpaired) electrons. The summed E-state index contributed by atoms with van der Waals surface area (Å²) in [6.45, 7) is 0. The number of aromatic hydroxyl groups is 1. The van der Waals surface area contributed by atoms with Crippen LogP contribution < -0.4 is 20.3 Å². The van der Waals surface area contributed by atoms with E-state index in [0.717, 1.165) is 0 Å². The number of hydrogen-bond donors (Lipinski definition) is 3. The maximum atomic E-state index is 12.7. The Morgan fingerprint density at radius 1 is 1.10 bits per heavy atom. The molecular formula is C20H17N7O4. The van der Waals surface area contributed by atoms with Gasteiger partial charge in [0.05, 0.1) is 19.9 Å². The number of ether oxygens (including phenoxy) is 2. The van der Waals surface area contributed by atoms with Gasteiger partial charge < -0.3 is 19.9 Å². The molecule has 1 aliphatic heterocycles. The molecule has 0 fully saturated rings. The molecule has 4 aromatic rings. The zero-order chi connectivity index (χ0) is 21.5. The van der Waals surface area contributed by atoms with Gasteiger partial charge in [0.1, 0.15) is 17.5 Å². The zero-order valence-electron chi connectivity index (χ0n) is 16.5. The summed E-state index contributed by atoms with van der Waals surface area (Å²) >= 11 is 0. The van der Waals surface area contributed by atoms with Crippen molar-refractivity contribution >= 4 is 11.6 Å². The van der Waals surface area contributed by atoms with Crippen LogP contribution >= 0.6 is 0 Å². The molecule has 0 spiro atoms. The first-order valence-electron chi connectivity index (χ1n) is 9.29. The monoisotopic (exact) mass is 419 g/mol. The molecule has 1 aliphatic rings. The van der Waals surface area contributed by atoms with Crippen molar-refractivity contribution < 1.29 is 14.6 Å². The first kappa shape index (κ1) is 18.6. The van der Waals surface area contributed by atoms with Crippen LogP contribution in [-0.4, -0.2) is 49.7 Å². The van der Waals surface area contributed by atoms with Crippen LogP contribution in [0.5, 0.6) is 17.2 Å². The van der Waals surface area contributed by atoms with Gasteiger partial charge in [-0.1, -0.05) is 17.2 Å². The molecule has 11 heteroatoms. The van der Waals surface area contributed by atoms with Crippen LogP contribution in [0.25, 0.3) is 11.3 Å². The van der Waals surface area contributed by atoms with E-state index in [4.69, 9.17) is 9.47 Å². The minimum absolute atomic E-state index is 0.0812. The van der Waals surface area contributed by atoms with E-state index in [1.54, 1.807) is 49.2 Å². The molecule has 0 amide bonds. The fraction of sp³-hybridized carbons (Fsp3) is 0.150. The Morgan fingerprint density at radius 2 is 1.94 bits per heavy atom. The fourth-order valence-electron chi connectivity index (χ4n) is 3.74. The number of aromatic amines is 1. The van der Waals surface area contributed by atoms with Gasteiger partial charge in [-0.05, 0) is 46.3 Å². The number of hydrogen-bond acceptors (Lipinski definition) is 9. The lowest BCUT2D eigenvalue weighted by Gasteiger charge is -2.28. The van der Waals surface area contributed by atoms with E-state index in [2.05, 4.69) is 31.0 Å². The number of H-pyrrole nitrogens is 1. The fourth-order valence-corrected chi connectivity index (χ4v) is 3.74. The summed E-state index contributed by atoms with van der Waals surface area (Å²) in [4.78, 5) is 12.7. The van der Waals surface area contributed by atoms with Crippen LogP contribution in [0.4, 0.5) is 11.6 Å². The van der Waals surface area contributed by atoms with Gasteiger partial charge in [0.15, 0.2) is 11.5 Å². The van der Waals surface area contributed by atoms with E-state index in [1.165, 1.54) is 0 Å². The minimum Gasteiger partial charge on any atom is -0.508 e. The molecule has 0 unspecified atom stereocenters. The summed E-state index contributed by atoms with van der Waals surface area (Å²) in [7, 11) is 3.10. The Kier molecular flexibility index (Phi) is 4.28. The van der Waals surface area contributed by atoms with Gasteiger partial charge in [0.25, 0.3) is 5.56 Å². The molecule has 0 aliphatic carbocycles. The molecule has 0 saturated heterocycles. The van der Waals surface area contributed by atoms with E-state index >= 15 is 0 Å². The third kappa shape index (κ3) is 2.94. The van der Waals surface area contributed by atoms with Crippen molar-refractivity contribution in [1.82, 2.24) is 30.4 Å². The third-order valence-electron chi connectivity index (χ3n) is 5.11. The number of tetrazole rings is 1. The van der Waals surface area contributed by atoms with Crippen LogP contribution in [0.1, 0.15) is 17.2 Å². The average molecular weight is 419 g/mol. The standard InChI is InChI=1S/C20H17N7O4/c1-30-13-7-6-10(9-14(13)31-2)16-15-17(19(29)23-22-16)21-20-24-25-26-27(20)18(15)11-4-3-5-12(28)8-11/h3-9,18,28H,1-2H3,(H,23,29)(H,21,24,26)/t18-/m1/s1. The molecule has 1 atom stereocenters. The van der Waals surface area contributed by atoms with Crippen molar-refractivity contribution in [3.63, 3.8) is 0 Å². The molecule has 2 aromatic heterocycles. The Hall–Kier alpha value is -4.41. The van der Waals surface area contributed by atoms with Crippen LogP contribution in [0.3, 0.4) is 0 Å². The van der Waals surface area contributed by atoms with E-state index in [9.17, 15) is 9.90 Å². The first-order valence-corrected chi connectivity index (χ1v) is 9.29. The van der Waals surface area contributed by atoms with E-state index in [0.29, 0.717) is 39.8 Å². The van der Waals surface area contributed by atoms with E-state index in [-0.39, 0.29) is 11.4 Å². The number of phenolic OH excluding ortho intramolecular Hbond substituents is 1. The Bertz CT molecular complexity index is 1350. The molecule has 156 valence electrons. The smallest absolute Gasteiger partial charge is 0.288 e. The normalized spacial score (nSPS) is 14.3. The van der Waals surface area contributed by atoms with Crippen molar-refractivity contribution in [3.05, 3.63) is 63.9 Å². The summed E-state index contributed by atoms with van der Waals surface area (Å²) in [5, 5.41) is 31.7. The van der Waals surface area contributed by atoms with Gasteiger partial charge in [-0.15, -0.1) is 0 Å². The second kappa shape index (κ2) is 7.13. The number of nitrogens with one attached hydrogen (secondary N) is 2. The van der Waals surface area contributed by atoms with Crippen molar-refractivity contribution in [1.29, 1.82) is 0 Å². The summed E-state index contributed by atoms with van der Waals surface area (Å²) in [5.74, 6) is 1.46. The number of fused-ring (bicyclic) bond motifs is 2. The molecule has 2 aromatic carbocycles. The second-order valence-corrected chi connectivity index (χ2v) is 6.83. The number of anilines is 2. The Labute approximate surface area is 175 Å². The van der Waals surface area contributed by atoms with Crippen molar-refractivity contribution in [2.75, 3.05) is 19.5 Å². The van der Waals surface area contributed by atoms with E-state index < -0.39 is 11.6 Å². The van der Waals surface area contributed by atoms with Crippen LogP contribution in [0.2, 0.25) is 0 Å². The van der Waals surface area contributed by atoms with Gasteiger partial charge >= 0.3 is 0 Å². The number of rotatable bonds is 4. The highest BCUT2D eigenvalue weighted by Crippen LogP contribution is 2.42. The summed E-state index contributed by atoms with van der Waals surface area (Å²) in [6, 6.07) is 11.5. The third-order valence-corrected chi connectivity index (χ3v) is 5.11. The van der Waals surface area contributed by atoms with Gasteiger partial charge in [-0.2, -0.15) is 9.78 Å². The lowest BCUT2D eigenvalue weighted by atomic mass is 9.92. The first-order chi connectivity index (χ1) is 15.1. The van der Waals surface area contributed by atoms with Gasteiger partial charge in [-0.3, -0.25) is 4.79 Å². The highest BCUT2D eigenvalue weighted by Gasteiger charge is 2.34. The molecule has 5 rings (SSSR count). The molecular weight excluding hydrogens is 402 g/mol. The number of methoxy groups -OCH3 is 2. The summed E-state index contributed by atoms with van der Waals surface area (Å²) in [6.07, 6.45) is 0. The van der Waals surface area contributed by atoms with Crippen LogP contribution in [0, 0.1) is 0 Å². The van der Waals surface area contributed by atoms with Crippen molar-refractivity contribution in [2.45, 2.75) is 6.04 Å². The predicted octanol–water partition coefficient (Wildman–Crippen LogP) is 1.84. The molecule has 11 nitrogen and oxygen atoms in total. The second-order valence-electron chi connectivity index (χ2n) is 6.83. The molecule has 3 heterocycles. The van der Waals surface area contributed by atoms with Gasteiger partial charge in [0, 0.05) is 11.1 Å². The largest absolute Gasteiger partial charge is 0.508 e. The molecule has 0 bridgehead atoms. The lowest BCUT2D eigenvalue weighted by Crippen LogP contribution is -2.29. The predicted molar refractivity (Wildman–Crippen MR) is 110 cm³/mol. The Morgan fingerprint density at radius 3 is 2.71 bits per heavy atom. The highest BCUT2D eigenvalue weighted by molar-refractivity contribution is 5.76. The van der Waals surface area contributed by atoms with E-state index in [1.807, 2.05) is 12.1 Å². The molecule has 31 heavy (non-hydrogen) atoms. The van der Waals surface area contributed by atoms with Crippen LogP contribution in [-0.2, 0) is 0 Å². The maximum absolute atomic E-state index is 12.7. The van der Waals surface area contributed by atoms with Crippen LogP contribution in [0.15, 0.2) is 47.3 Å². The minimum atomic E-state index is -0.605. The lowest BCUT2D eigenvalue weighted by molar-refractivity contribution is 0.355. The average Bonchev–Trinajstić information content (AvgIpc) is 3.26. The molecule has 0 saturated carbocycles. The summed E-state index contributed by atoms with van der Waals surface area (Å²) < 4.78 is 12.3. The van der Waals surface area contributed by atoms with Crippen molar-refractivity contribution in [2.24, 2.45) is 0 Å². The number of phenols is 1. The summed E-state index contributed by atoms with van der Waals surface area (Å²) in [5.41, 5.74) is 2.28. The molecule has 3 N–H and O–H groups in total. The quantitative estimate of drug-likeness (QED) is 0.398. The highest BCUT2D eigenvalue weighted by atomic mass is 16.5. The SMILES string of the molecule is COc1ccc(-c2n[nH]c(=O)c3c2[C@@H](c2cccc(O)c2)n2nnnc2N3)cc1OC. The van der Waals surface area contributed by atoms with Gasteiger partial charge in [-0.25, -0.2) is 5.10 Å². The van der Waals surface area contributed by atoms with Gasteiger partial charge in [0.2, 0.25) is 5.95 Å². The maximum Gasteiger partial charge on any atom is 0.288 e. The number of aromatic nitrogens is 6. The topological polar surface area (TPSA) is 140 Å². The number of nitrogens with zero attached hydrogens (tertiary/aromatic N) is 5. The van der Waals surface area contributed by atoms with Crippen molar-refractivity contribution in [3.8, 4) is 28.5 Å².